The molecule has 0 amide bonds. The van der Waals surface area contributed by atoms with Crippen molar-refractivity contribution >= 4 is 18.2 Å². The summed E-state index contributed by atoms with van der Waals surface area (Å²) in [4.78, 5) is 15.6. The van der Waals surface area contributed by atoms with Crippen LogP contribution in [0.4, 0.5) is 5.69 Å². The standard InChI is InChI=1S/C18H19N3O/c19-10-17-15(12-22)8-14(13-4-3-7-20-11-13)9-18(17)21-16-5-1-2-6-16/h3-4,7-12,16,19,21H,1-2,5-6H2. The molecule has 1 heterocycles. The van der Waals surface area contributed by atoms with Gasteiger partial charge in [0.25, 0.3) is 0 Å². The second-order valence-corrected chi connectivity index (χ2v) is 5.66. The van der Waals surface area contributed by atoms with E-state index in [1.54, 1.807) is 12.4 Å². The molecule has 2 N–H and O–H groups in total. The highest BCUT2D eigenvalue weighted by molar-refractivity contribution is 5.99. The summed E-state index contributed by atoms with van der Waals surface area (Å²) in [5.41, 5.74) is 3.98. The zero-order chi connectivity index (χ0) is 15.4. The lowest BCUT2D eigenvalue weighted by atomic mass is 9.98. The van der Waals surface area contributed by atoms with Gasteiger partial charge in [-0.2, -0.15) is 0 Å². The molecule has 1 aliphatic carbocycles. The molecule has 2 aromatic rings. The van der Waals surface area contributed by atoms with Gasteiger partial charge in [-0.15, -0.1) is 0 Å². The Bertz CT molecular complexity index is 676. The zero-order valence-electron chi connectivity index (χ0n) is 12.4. The summed E-state index contributed by atoms with van der Waals surface area (Å²) in [6.07, 6.45) is 10.4. The minimum Gasteiger partial charge on any atom is -0.382 e. The first-order valence-corrected chi connectivity index (χ1v) is 7.62. The van der Waals surface area contributed by atoms with E-state index in [2.05, 4.69) is 10.3 Å². The lowest BCUT2D eigenvalue weighted by molar-refractivity contribution is 0.112. The van der Waals surface area contributed by atoms with Gasteiger partial charge in [0, 0.05) is 47.0 Å². The number of aromatic nitrogens is 1. The Kier molecular flexibility index (Phi) is 4.28. The van der Waals surface area contributed by atoms with Crippen LogP contribution in [-0.4, -0.2) is 23.5 Å². The topological polar surface area (TPSA) is 65.8 Å². The van der Waals surface area contributed by atoms with Crippen LogP contribution >= 0.6 is 0 Å². The number of benzene rings is 1. The molecule has 1 aliphatic rings. The Labute approximate surface area is 130 Å². The minimum atomic E-state index is 0.433. The van der Waals surface area contributed by atoms with Crippen LogP contribution in [0.5, 0.6) is 0 Å². The van der Waals surface area contributed by atoms with Crippen molar-refractivity contribution < 1.29 is 4.79 Å². The van der Waals surface area contributed by atoms with Crippen molar-refractivity contribution in [2.45, 2.75) is 31.7 Å². The number of carbonyl (C=O) groups is 1. The largest absolute Gasteiger partial charge is 0.382 e. The smallest absolute Gasteiger partial charge is 0.150 e. The maximum absolute atomic E-state index is 11.4. The third kappa shape index (κ3) is 2.91. The molecule has 0 radical (unpaired) electrons. The van der Waals surface area contributed by atoms with Crippen molar-refractivity contribution in [3.63, 3.8) is 0 Å². The van der Waals surface area contributed by atoms with E-state index < -0.39 is 0 Å². The average Bonchev–Trinajstić information content (AvgIpc) is 3.08. The molecule has 112 valence electrons. The van der Waals surface area contributed by atoms with Crippen molar-refractivity contribution in [3.8, 4) is 11.1 Å². The molecule has 0 bridgehead atoms. The molecule has 3 rings (SSSR count). The fraction of sp³-hybridized carbons (Fsp3) is 0.278. The summed E-state index contributed by atoms with van der Waals surface area (Å²) in [6.45, 7) is 0. The van der Waals surface area contributed by atoms with Crippen molar-refractivity contribution in [1.29, 1.82) is 5.41 Å². The molecule has 0 aliphatic heterocycles. The third-order valence-corrected chi connectivity index (χ3v) is 4.19. The van der Waals surface area contributed by atoms with E-state index in [0.29, 0.717) is 17.2 Å². The molecule has 0 unspecified atom stereocenters. The van der Waals surface area contributed by atoms with E-state index in [-0.39, 0.29) is 0 Å². The summed E-state index contributed by atoms with van der Waals surface area (Å²) in [7, 11) is 0. The van der Waals surface area contributed by atoms with Crippen molar-refractivity contribution in [1.82, 2.24) is 4.98 Å². The van der Waals surface area contributed by atoms with Crippen molar-refractivity contribution in [2.24, 2.45) is 0 Å². The van der Waals surface area contributed by atoms with Gasteiger partial charge in [-0.25, -0.2) is 0 Å². The number of pyridine rings is 1. The molecule has 22 heavy (non-hydrogen) atoms. The van der Waals surface area contributed by atoms with Gasteiger partial charge in [-0.1, -0.05) is 18.9 Å². The maximum atomic E-state index is 11.4. The SMILES string of the molecule is N=Cc1c(C=O)cc(-c2cccnc2)cc1NC1CCCC1. The summed E-state index contributed by atoms with van der Waals surface area (Å²) < 4.78 is 0. The number of aldehydes is 1. The van der Waals surface area contributed by atoms with E-state index in [4.69, 9.17) is 5.41 Å². The van der Waals surface area contributed by atoms with Crippen molar-refractivity contribution in [2.75, 3.05) is 5.32 Å². The van der Waals surface area contributed by atoms with E-state index >= 15 is 0 Å². The second kappa shape index (κ2) is 6.52. The summed E-state index contributed by atoms with van der Waals surface area (Å²) in [6, 6.07) is 8.12. The van der Waals surface area contributed by atoms with Crippen LogP contribution in [0, 0.1) is 5.41 Å². The molecule has 0 saturated heterocycles. The van der Waals surface area contributed by atoms with E-state index in [0.717, 1.165) is 35.9 Å². The normalized spacial score (nSPS) is 14.7. The summed E-state index contributed by atoms with van der Waals surface area (Å²) in [5, 5.41) is 11.2. The molecule has 0 atom stereocenters. The fourth-order valence-corrected chi connectivity index (χ4v) is 3.04. The fourth-order valence-electron chi connectivity index (χ4n) is 3.04. The number of nitrogens with zero attached hydrogens (tertiary/aromatic N) is 1. The highest BCUT2D eigenvalue weighted by Crippen LogP contribution is 2.30. The van der Waals surface area contributed by atoms with Gasteiger partial charge in [0.1, 0.15) is 0 Å². The summed E-state index contributed by atoms with van der Waals surface area (Å²) in [5.74, 6) is 0. The van der Waals surface area contributed by atoms with Crippen LogP contribution in [0.2, 0.25) is 0 Å². The number of rotatable bonds is 5. The number of carbonyl (C=O) groups excluding carboxylic acids is 1. The first kappa shape index (κ1) is 14.4. The molecule has 0 spiro atoms. The van der Waals surface area contributed by atoms with Crippen LogP contribution in [0.3, 0.4) is 0 Å². The number of anilines is 1. The molecule has 1 saturated carbocycles. The Morgan fingerprint density at radius 3 is 2.68 bits per heavy atom. The van der Waals surface area contributed by atoms with E-state index in [1.165, 1.54) is 19.1 Å². The molecular weight excluding hydrogens is 274 g/mol. The van der Waals surface area contributed by atoms with Gasteiger partial charge < -0.3 is 10.7 Å². The monoisotopic (exact) mass is 293 g/mol. The zero-order valence-corrected chi connectivity index (χ0v) is 12.4. The van der Waals surface area contributed by atoms with Gasteiger partial charge in [0.15, 0.2) is 6.29 Å². The lowest BCUT2D eigenvalue weighted by Crippen LogP contribution is -2.16. The predicted octanol–water partition coefficient (Wildman–Crippen LogP) is 3.91. The highest BCUT2D eigenvalue weighted by Gasteiger charge is 2.17. The van der Waals surface area contributed by atoms with Gasteiger partial charge in [-0.05, 0) is 36.6 Å². The Morgan fingerprint density at radius 1 is 1.23 bits per heavy atom. The van der Waals surface area contributed by atoms with E-state index in [1.807, 2.05) is 24.3 Å². The molecule has 1 fully saturated rings. The Balaban J connectivity index is 2.05. The van der Waals surface area contributed by atoms with Crippen LogP contribution in [0.1, 0.15) is 41.6 Å². The van der Waals surface area contributed by atoms with Gasteiger partial charge >= 0.3 is 0 Å². The first-order chi connectivity index (χ1) is 10.8. The van der Waals surface area contributed by atoms with Gasteiger partial charge in [0.2, 0.25) is 0 Å². The summed E-state index contributed by atoms with van der Waals surface area (Å²) >= 11 is 0. The first-order valence-electron chi connectivity index (χ1n) is 7.62. The van der Waals surface area contributed by atoms with Crippen LogP contribution in [0.25, 0.3) is 11.1 Å². The predicted molar refractivity (Wildman–Crippen MR) is 88.8 cm³/mol. The van der Waals surface area contributed by atoms with Crippen LogP contribution in [-0.2, 0) is 0 Å². The average molecular weight is 293 g/mol. The van der Waals surface area contributed by atoms with Gasteiger partial charge in [0.05, 0.1) is 0 Å². The molecule has 4 nitrogen and oxygen atoms in total. The quantitative estimate of drug-likeness (QED) is 0.648. The number of nitrogens with one attached hydrogen (secondary N) is 2. The van der Waals surface area contributed by atoms with Crippen molar-refractivity contribution in [3.05, 3.63) is 47.8 Å². The third-order valence-electron chi connectivity index (χ3n) is 4.19. The highest BCUT2D eigenvalue weighted by atomic mass is 16.1. The Hall–Kier alpha value is -2.49. The second-order valence-electron chi connectivity index (χ2n) is 5.66. The van der Waals surface area contributed by atoms with Gasteiger partial charge in [-0.3, -0.25) is 9.78 Å². The van der Waals surface area contributed by atoms with E-state index in [9.17, 15) is 4.79 Å². The molecule has 1 aromatic carbocycles. The Morgan fingerprint density at radius 2 is 2.05 bits per heavy atom. The van der Waals surface area contributed by atoms with Crippen LogP contribution < -0.4 is 5.32 Å². The maximum Gasteiger partial charge on any atom is 0.150 e. The molecular formula is C18H19N3O. The number of hydrogen-bond donors (Lipinski definition) is 2. The molecule has 4 heteroatoms. The lowest BCUT2D eigenvalue weighted by Gasteiger charge is -2.18. The molecule has 1 aromatic heterocycles. The minimum absolute atomic E-state index is 0.433. The van der Waals surface area contributed by atoms with Crippen LogP contribution in [0.15, 0.2) is 36.7 Å². The number of hydrogen-bond acceptors (Lipinski definition) is 4.